The average molecular weight is 228 g/mol. The lowest BCUT2D eigenvalue weighted by molar-refractivity contribution is -0.770. The van der Waals surface area contributed by atoms with Crippen molar-refractivity contribution in [2.45, 2.75) is 0 Å². The topological polar surface area (TPSA) is 70.6 Å². The Kier molecular flexibility index (Phi) is 3.30. The Balaban J connectivity index is 2.52. The van der Waals surface area contributed by atoms with Crippen molar-refractivity contribution in [1.82, 2.24) is 0 Å². The molecule has 4 nitrogen and oxygen atoms in total. The molecule has 1 atom stereocenters. The Morgan fingerprint density at radius 2 is 1.59 bits per heavy atom. The van der Waals surface area contributed by atoms with Crippen molar-refractivity contribution in [2.24, 2.45) is 5.84 Å². The summed E-state index contributed by atoms with van der Waals surface area (Å²) in [6.45, 7) is 0. The summed E-state index contributed by atoms with van der Waals surface area (Å²) in [7, 11) is 0. The molecule has 0 aliphatic heterocycles. The molecule has 17 heavy (non-hydrogen) atoms. The average Bonchev–Trinajstić information content (AvgIpc) is 2.39. The van der Waals surface area contributed by atoms with Crippen LogP contribution in [0, 0.1) is 5.21 Å². The molecular formula is C13H12N2O2. The Morgan fingerprint density at radius 1 is 1.00 bits per heavy atom. The number of rotatable bonds is 2. The largest absolute Gasteiger partial charge is 0.606 e. The van der Waals surface area contributed by atoms with Crippen LogP contribution in [0.15, 0.2) is 54.6 Å². The minimum Gasteiger partial charge on any atom is -0.606 e. The van der Waals surface area contributed by atoms with E-state index in [4.69, 9.17) is 5.84 Å². The lowest BCUT2D eigenvalue weighted by Crippen LogP contribution is -3.15. The Hall–Kier alpha value is -2.01. The van der Waals surface area contributed by atoms with Crippen LogP contribution in [0.5, 0.6) is 0 Å². The van der Waals surface area contributed by atoms with Crippen molar-refractivity contribution in [2.75, 3.05) is 0 Å². The van der Waals surface area contributed by atoms with E-state index in [1.807, 2.05) is 36.4 Å². The normalized spacial score (nSPS) is 12.1. The maximum Gasteiger partial charge on any atom is 0.363 e. The molecule has 0 heterocycles. The van der Waals surface area contributed by atoms with E-state index in [1.165, 1.54) is 0 Å². The summed E-state index contributed by atoms with van der Waals surface area (Å²) >= 11 is 0. The number of carbonyl (C=O) groups excluding carboxylic acids is 1. The molecule has 0 saturated carbocycles. The molecule has 0 spiro atoms. The second kappa shape index (κ2) is 4.88. The quantitative estimate of drug-likeness (QED) is 0.452. The number of amides is 1. The lowest BCUT2D eigenvalue weighted by Gasteiger charge is -2.14. The molecule has 3 N–H and O–H groups in total. The highest BCUT2D eigenvalue weighted by Crippen LogP contribution is 2.22. The molecule has 0 aliphatic carbocycles. The van der Waals surface area contributed by atoms with E-state index in [0.717, 1.165) is 11.1 Å². The Labute approximate surface area is 98.8 Å². The van der Waals surface area contributed by atoms with Crippen molar-refractivity contribution in [3.05, 3.63) is 65.4 Å². The van der Waals surface area contributed by atoms with Crippen molar-refractivity contribution in [3.63, 3.8) is 0 Å². The summed E-state index contributed by atoms with van der Waals surface area (Å²) in [4.78, 5) is 11.7. The fraction of sp³-hybridized carbons (Fsp3) is 0. The number of nitrogens with one attached hydrogen (secondary N) is 1. The Bertz CT molecular complexity index is 524. The molecule has 86 valence electrons. The number of carbonyl (C=O) groups is 1. The first-order valence-electron chi connectivity index (χ1n) is 5.18. The van der Waals surface area contributed by atoms with Crippen LogP contribution in [0.2, 0.25) is 0 Å². The van der Waals surface area contributed by atoms with Gasteiger partial charge in [0.1, 0.15) is 0 Å². The zero-order valence-electron chi connectivity index (χ0n) is 9.09. The molecule has 4 heteroatoms. The second-order valence-corrected chi connectivity index (χ2v) is 3.60. The van der Waals surface area contributed by atoms with E-state index >= 15 is 0 Å². The maximum atomic E-state index is 11.7. The van der Waals surface area contributed by atoms with E-state index in [2.05, 4.69) is 0 Å². The minimum absolute atomic E-state index is 0.339. The first-order valence-corrected chi connectivity index (χ1v) is 5.18. The van der Waals surface area contributed by atoms with Gasteiger partial charge in [0, 0.05) is 0 Å². The molecule has 0 fully saturated rings. The molecule has 0 aromatic heterocycles. The minimum atomic E-state index is -0.937. The highest BCUT2D eigenvalue weighted by atomic mass is 16.5. The van der Waals surface area contributed by atoms with Gasteiger partial charge in [0.05, 0.1) is 5.56 Å². The van der Waals surface area contributed by atoms with Crippen LogP contribution in [0.4, 0.5) is 0 Å². The van der Waals surface area contributed by atoms with Crippen LogP contribution in [-0.4, -0.2) is 5.91 Å². The third kappa shape index (κ3) is 2.39. The molecule has 1 unspecified atom stereocenters. The Morgan fingerprint density at radius 3 is 2.24 bits per heavy atom. The summed E-state index contributed by atoms with van der Waals surface area (Å²) in [6, 6.07) is 16.3. The number of nitrogens with two attached hydrogens (primary N) is 1. The number of nitrogen functional groups attached to an aromatic ring is 1. The van der Waals surface area contributed by atoms with Crippen molar-refractivity contribution < 1.29 is 9.97 Å². The van der Waals surface area contributed by atoms with Crippen LogP contribution >= 0.6 is 0 Å². The molecule has 0 saturated heterocycles. The maximum absolute atomic E-state index is 11.7. The number of quaternary nitrogens is 1. The van der Waals surface area contributed by atoms with E-state index in [-0.39, 0.29) is 0 Å². The number of hydroxylamine groups is 1. The molecule has 0 aliphatic rings. The third-order valence-electron chi connectivity index (χ3n) is 2.48. The van der Waals surface area contributed by atoms with Crippen molar-refractivity contribution in [1.29, 1.82) is 0 Å². The molecule has 2 rings (SSSR count). The first-order chi connectivity index (χ1) is 8.20. The summed E-state index contributed by atoms with van der Waals surface area (Å²) in [5, 5.41) is 10.0. The fourth-order valence-electron chi connectivity index (χ4n) is 1.68. The van der Waals surface area contributed by atoms with Gasteiger partial charge in [0.2, 0.25) is 0 Å². The van der Waals surface area contributed by atoms with E-state index in [1.54, 1.807) is 18.2 Å². The third-order valence-corrected chi connectivity index (χ3v) is 2.48. The monoisotopic (exact) mass is 228 g/mol. The molecule has 0 bridgehead atoms. The zero-order valence-corrected chi connectivity index (χ0v) is 9.09. The molecule has 2 aromatic rings. The van der Waals surface area contributed by atoms with Crippen molar-refractivity contribution in [3.8, 4) is 11.1 Å². The van der Waals surface area contributed by atoms with E-state index < -0.39 is 11.1 Å². The molecule has 0 radical (unpaired) electrons. The van der Waals surface area contributed by atoms with Gasteiger partial charge in [-0.1, -0.05) is 48.5 Å². The van der Waals surface area contributed by atoms with Gasteiger partial charge in [-0.3, -0.25) is 0 Å². The van der Waals surface area contributed by atoms with Crippen LogP contribution in [0.25, 0.3) is 11.1 Å². The van der Waals surface area contributed by atoms with Gasteiger partial charge >= 0.3 is 5.91 Å². The predicted molar refractivity (Wildman–Crippen MR) is 64.7 cm³/mol. The highest BCUT2D eigenvalue weighted by Gasteiger charge is 2.16. The van der Waals surface area contributed by atoms with Gasteiger partial charge < -0.3 is 5.21 Å². The molecular weight excluding hydrogens is 216 g/mol. The summed E-state index contributed by atoms with van der Waals surface area (Å²) in [6.07, 6.45) is 0. The van der Waals surface area contributed by atoms with Gasteiger partial charge in [-0.05, 0) is 17.2 Å². The summed E-state index contributed by atoms with van der Waals surface area (Å²) in [5.74, 6) is 4.36. The van der Waals surface area contributed by atoms with Gasteiger partial charge in [0.25, 0.3) is 0 Å². The standard InChI is InChI=1S/C13H12N2O2/c14-15(17)13(16)12-9-5-4-8-11(12)10-6-2-1-3-7-10/h1-9,15H,14H2. The van der Waals surface area contributed by atoms with Crippen molar-refractivity contribution >= 4 is 5.91 Å². The van der Waals surface area contributed by atoms with Crippen LogP contribution in [-0.2, 0) is 0 Å². The fourth-order valence-corrected chi connectivity index (χ4v) is 1.68. The predicted octanol–water partition coefficient (Wildman–Crippen LogP) is 0.750. The number of hydrogen-bond donors (Lipinski definition) is 2. The van der Waals surface area contributed by atoms with E-state index in [0.29, 0.717) is 5.56 Å². The van der Waals surface area contributed by atoms with Gasteiger partial charge in [-0.2, -0.15) is 5.84 Å². The van der Waals surface area contributed by atoms with Gasteiger partial charge in [-0.15, -0.1) is 0 Å². The number of benzene rings is 2. The number of hydrogen-bond acceptors (Lipinski definition) is 3. The summed E-state index contributed by atoms with van der Waals surface area (Å²) in [5.41, 5.74) is 1.95. The lowest BCUT2D eigenvalue weighted by atomic mass is 9.99. The van der Waals surface area contributed by atoms with E-state index in [9.17, 15) is 10.0 Å². The summed E-state index contributed by atoms with van der Waals surface area (Å²) < 4.78 is 0. The highest BCUT2D eigenvalue weighted by molar-refractivity contribution is 5.95. The zero-order chi connectivity index (χ0) is 12.3. The SMILES string of the molecule is N[NH+]([O-])C(=O)c1ccccc1-c1ccccc1. The van der Waals surface area contributed by atoms with Crippen LogP contribution in [0.3, 0.4) is 0 Å². The van der Waals surface area contributed by atoms with Gasteiger partial charge in [-0.25, -0.2) is 9.97 Å². The first kappa shape index (κ1) is 11.5. The van der Waals surface area contributed by atoms with Crippen LogP contribution in [0.1, 0.15) is 10.4 Å². The smallest absolute Gasteiger partial charge is 0.363 e. The molecule has 2 aromatic carbocycles. The second-order valence-electron chi connectivity index (χ2n) is 3.60. The molecule has 1 amide bonds. The van der Waals surface area contributed by atoms with Gasteiger partial charge in [0.15, 0.2) is 0 Å². The van der Waals surface area contributed by atoms with Crippen LogP contribution < -0.4 is 11.0 Å².